The van der Waals surface area contributed by atoms with E-state index in [2.05, 4.69) is 5.32 Å². The number of nitrogens with one attached hydrogen (secondary N) is 1. The van der Waals surface area contributed by atoms with Gasteiger partial charge in [0.25, 0.3) is 0 Å². The Bertz CT molecular complexity index is 1160. The van der Waals surface area contributed by atoms with E-state index in [1.807, 2.05) is 0 Å². The molecule has 0 bridgehead atoms. The second-order valence-electron chi connectivity index (χ2n) is 7.74. The molecule has 0 aliphatic rings. The zero-order valence-electron chi connectivity index (χ0n) is 19.8. The summed E-state index contributed by atoms with van der Waals surface area (Å²) in [5, 5.41) is 3.32. The molecule has 0 heterocycles. The van der Waals surface area contributed by atoms with Crippen LogP contribution < -0.4 is 14.4 Å². The number of ether oxygens (including phenoxy) is 1. The molecule has 0 spiro atoms. The summed E-state index contributed by atoms with van der Waals surface area (Å²) in [6.45, 7) is 3.03. The van der Waals surface area contributed by atoms with E-state index in [0.29, 0.717) is 27.8 Å². The van der Waals surface area contributed by atoms with Gasteiger partial charge in [0, 0.05) is 23.6 Å². The van der Waals surface area contributed by atoms with Crippen LogP contribution in [0.2, 0.25) is 10.0 Å². The van der Waals surface area contributed by atoms with Gasteiger partial charge in [0.1, 0.15) is 18.3 Å². The maximum absolute atomic E-state index is 13.6. The molecule has 8 nitrogen and oxygen atoms in total. The van der Waals surface area contributed by atoms with Crippen LogP contribution in [0, 0.1) is 6.92 Å². The highest BCUT2D eigenvalue weighted by Crippen LogP contribution is 2.31. The lowest BCUT2D eigenvalue weighted by Gasteiger charge is -2.33. The fourth-order valence-electron chi connectivity index (χ4n) is 3.51. The van der Waals surface area contributed by atoms with E-state index in [9.17, 15) is 18.0 Å². The number of hydrogen-bond donors (Lipinski definition) is 1. The predicted octanol–water partition coefficient (Wildman–Crippen LogP) is 3.63. The maximum Gasteiger partial charge on any atom is 0.244 e. The first-order chi connectivity index (χ1) is 15.9. The molecule has 0 saturated carbocycles. The number of likely N-dealkylation sites (N-methyl/N-ethyl adjacent to an activating group) is 1. The highest BCUT2D eigenvalue weighted by molar-refractivity contribution is 7.92. The third-order valence-electron chi connectivity index (χ3n) is 5.27. The highest BCUT2D eigenvalue weighted by Gasteiger charge is 2.32. The van der Waals surface area contributed by atoms with Gasteiger partial charge in [0.05, 0.1) is 19.1 Å². The van der Waals surface area contributed by atoms with Crippen LogP contribution in [0.15, 0.2) is 36.4 Å². The molecule has 34 heavy (non-hydrogen) atoms. The van der Waals surface area contributed by atoms with E-state index in [0.717, 1.165) is 16.1 Å². The van der Waals surface area contributed by atoms with Crippen LogP contribution in [0.25, 0.3) is 0 Å². The molecule has 2 rings (SSSR count). The van der Waals surface area contributed by atoms with Gasteiger partial charge in [0.15, 0.2) is 0 Å². The predicted molar refractivity (Wildman–Crippen MR) is 135 cm³/mol. The Morgan fingerprint density at radius 3 is 2.35 bits per heavy atom. The van der Waals surface area contributed by atoms with Gasteiger partial charge in [-0.05, 0) is 48.7 Å². The average Bonchev–Trinajstić information content (AvgIpc) is 2.77. The summed E-state index contributed by atoms with van der Waals surface area (Å²) in [5.41, 5.74) is 1.59. The van der Waals surface area contributed by atoms with Gasteiger partial charge >= 0.3 is 0 Å². The first-order valence-corrected chi connectivity index (χ1v) is 13.1. The van der Waals surface area contributed by atoms with Crippen molar-refractivity contribution in [1.82, 2.24) is 10.2 Å². The van der Waals surface area contributed by atoms with Crippen molar-refractivity contribution in [1.29, 1.82) is 0 Å². The number of carbonyl (C=O) groups excluding carboxylic acids is 2. The Hall–Kier alpha value is -2.49. The normalized spacial score (nSPS) is 12.1. The van der Waals surface area contributed by atoms with Crippen molar-refractivity contribution in [3.8, 4) is 5.75 Å². The Morgan fingerprint density at radius 1 is 1.15 bits per heavy atom. The molecule has 1 N–H and O–H groups in total. The Labute approximate surface area is 210 Å². The summed E-state index contributed by atoms with van der Waals surface area (Å²) >= 11 is 12.3. The van der Waals surface area contributed by atoms with Gasteiger partial charge in [0.2, 0.25) is 21.8 Å². The number of hydrogen-bond acceptors (Lipinski definition) is 5. The molecule has 0 aliphatic carbocycles. The van der Waals surface area contributed by atoms with E-state index < -0.39 is 28.5 Å². The molecule has 0 saturated heterocycles. The van der Waals surface area contributed by atoms with Crippen molar-refractivity contribution in [2.24, 2.45) is 0 Å². The van der Waals surface area contributed by atoms with Crippen molar-refractivity contribution in [2.75, 3.05) is 31.3 Å². The van der Waals surface area contributed by atoms with Gasteiger partial charge in [-0.2, -0.15) is 0 Å². The van der Waals surface area contributed by atoms with Crippen LogP contribution in [-0.2, 0) is 26.2 Å². The van der Waals surface area contributed by atoms with Crippen molar-refractivity contribution >= 4 is 50.7 Å². The zero-order chi connectivity index (χ0) is 25.6. The monoisotopic (exact) mass is 529 g/mol. The maximum atomic E-state index is 13.6. The van der Waals surface area contributed by atoms with Crippen LogP contribution in [0.5, 0.6) is 5.75 Å². The van der Waals surface area contributed by atoms with Gasteiger partial charge in [-0.25, -0.2) is 8.42 Å². The quantitative estimate of drug-likeness (QED) is 0.506. The standard InChI is InChI=1S/C23H29Cl2N3O5S/c1-6-19(23(30)26-3)27(13-16-8-9-17(24)12-18(16)25)22(29)14-28(34(5,31)32)20-11-15(2)7-10-21(20)33-4/h7-12,19H,6,13-14H2,1-5H3,(H,26,30)/t19-/m0/s1. The SMILES string of the molecule is CC[C@@H](C(=O)NC)N(Cc1ccc(Cl)cc1Cl)C(=O)CN(c1cc(C)ccc1OC)S(C)(=O)=O. The lowest BCUT2D eigenvalue weighted by Crippen LogP contribution is -2.51. The number of nitrogens with zero attached hydrogens (tertiary/aromatic N) is 2. The molecule has 11 heteroatoms. The Kier molecular flexibility index (Phi) is 9.61. The molecule has 1 atom stereocenters. The van der Waals surface area contributed by atoms with Crippen LogP contribution in [0.1, 0.15) is 24.5 Å². The van der Waals surface area contributed by atoms with E-state index in [4.69, 9.17) is 27.9 Å². The summed E-state index contributed by atoms with van der Waals surface area (Å²) in [5.74, 6) is -0.648. The summed E-state index contributed by atoms with van der Waals surface area (Å²) in [6.07, 6.45) is 1.32. The number of aryl methyl sites for hydroxylation is 1. The molecular formula is C23H29Cl2N3O5S. The van der Waals surface area contributed by atoms with Crippen molar-refractivity contribution < 1.29 is 22.7 Å². The molecule has 2 aromatic carbocycles. The number of benzene rings is 2. The molecule has 186 valence electrons. The van der Waals surface area contributed by atoms with Gasteiger partial charge in [-0.3, -0.25) is 13.9 Å². The molecule has 0 unspecified atom stereocenters. The lowest BCUT2D eigenvalue weighted by atomic mass is 10.1. The molecule has 2 amide bonds. The Balaban J connectivity index is 2.53. The number of carbonyl (C=O) groups is 2. The third kappa shape index (κ3) is 6.77. The van der Waals surface area contributed by atoms with Crippen LogP contribution in [0.4, 0.5) is 5.69 Å². The number of amides is 2. The topological polar surface area (TPSA) is 96.0 Å². The molecule has 0 radical (unpaired) electrons. The molecule has 2 aromatic rings. The third-order valence-corrected chi connectivity index (χ3v) is 6.98. The van der Waals surface area contributed by atoms with Gasteiger partial charge in [-0.1, -0.05) is 42.3 Å². The Morgan fingerprint density at radius 2 is 1.82 bits per heavy atom. The molecular weight excluding hydrogens is 501 g/mol. The fourth-order valence-corrected chi connectivity index (χ4v) is 4.82. The minimum absolute atomic E-state index is 0.0106. The van der Waals surface area contributed by atoms with Gasteiger partial charge in [-0.15, -0.1) is 0 Å². The number of sulfonamides is 1. The van der Waals surface area contributed by atoms with E-state index in [-0.39, 0.29) is 18.1 Å². The molecule has 0 aliphatic heterocycles. The van der Waals surface area contributed by atoms with Crippen LogP contribution >= 0.6 is 23.2 Å². The van der Waals surface area contributed by atoms with Crippen molar-refractivity contribution in [3.05, 3.63) is 57.6 Å². The zero-order valence-corrected chi connectivity index (χ0v) is 22.1. The smallest absolute Gasteiger partial charge is 0.244 e. The average molecular weight is 530 g/mol. The molecule has 0 aromatic heterocycles. The minimum Gasteiger partial charge on any atom is -0.495 e. The fraction of sp³-hybridized carbons (Fsp3) is 0.391. The van der Waals surface area contributed by atoms with Crippen molar-refractivity contribution in [3.63, 3.8) is 0 Å². The van der Waals surface area contributed by atoms with Gasteiger partial charge < -0.3 is 15.0 Å². The first kappa shape index (κ1) is 27.8. The largest absolute Gasteiger partial charge is 0.495 e. The number of methoxy groups -OCH3 is 1. The number of halogens is 2. The second-order valence-corrected chi connectivity index (χ2v) is 10.5. The summed E-state index contributed by atoms with van der Waals surface area (Å²) in [4.78, 5) is 27.5. The summed E-state index contributed by atoms with van der Waals surface area (Å²) in [6, 6.07) is 9.04. The van der Waals surface area contributed by atoms with E-state index in [1.54, 1.807) is 50.2 Å². The highest BCUT2D eigenvalue weighted by atomic mass is 35.5. The van der Waals surface area contributed by atoms with Crippen LogP contribution in [0.3, 0.4) is 0 Å². The lowest BCUT2D eigenvalue weighted by molar-refractivity contribution is -0.140. The molecule has 0 fully saturated rings. The minimum atomic E-state index is -3.88. The second kappa shape index (κ2) is 11.8. The van der Waals surface area contributed by atoms with E-state index >= 15 is 0 Å². The van der Waals surface area contributed by atoms with E-state index in [1.165, 1.54) is 19.1 Å². The van der Waals surface area contributed by atoms with Crippen molar-refractivity contribution in [2.45, 2.75) is 32.9 Å². The first-order valence-electron chi connectivity index (χ1n) is 10.5. The summed E-state index contributed by atoms with van der Waals surface area (Å²) in [7, 11) is -0.983. The number of rotatable bonds is 10. The number of anilines is 1. The summed E-state index contributed by atoms with van der Waals surface area (Å²) < 4.78 is 31.8. The van der Waals surface area contributed by atoms with Crippen LogP contribution in [-0.4, -0.2) is 58.1 Å².